The Labute approximate surface area is 167 Å². The summed E-state index contributed by atoms with van der Waals surface area (Å²) in [6.45, 7) is 0.961. The van der Waals surface area contributed by atoms with Crippen LogP contribution >= 0.6 is 0 Å². The van der Waals surface area contributed by atoms with E-state index < -0.39 is 10.0 Å². The normalized spacial score (nSPS) is 22.2. The number of hydrogen-bond acceptors (Lipinski definition) is 4. The number of nitrogens with one attached hydrogen (secondary N) is 2. The van der Waals surface area contributed by atoms with Gasteiger partial charge in [0.2, 0.25) is 10.0 Å². The molecule has 28 heavy (non-hydrogen) atoms. The molecule has 1 aliphatic carbocycles. The van der Waals surface area contributed by atoms with Gasteiger partial charge >= 0.3 is 0 Å². The minimum atomic E-state index is -3.21. The van der Waals surface area contributed by atoms with Gasteiger partial charge in [-0.2, -0.15) is 0 Å². The van der Waals surface area contributed by atoms with E-state index in [1.54, 1.807) is 0 Å². The minimum Gasteiger partial charge on any atom is -0.492 e. The van der Waals surface area contributed by atoms with Gasteiger partial charge in [-0.3, -0.25) is 0 Å². The molecule has 2 atom stereocenters. The minimum absolute atomic E-state index is 0.215. The van der Waals surface area contributed by atoms with Gasteiger partial charge in [0, 0.05) is 18.5 Å². The van der Waals surface area contributed by atoms with Crippen molar-refractivity contribution < 1.29 is 13.2 Å². The fourth-order valence-electron chi connectivity index (χ4n) is 4.03. The lowest BCUT2D eigenvalue weighted by Crippen LogP contribution is -2.41. The van der Waals surface area contributed by atoms with Crippen LogP contribution < -0.4 is 14.8 Å². The van der Waals surface area contributed by atoms with E-state index in [1.165, 1.54) is 5.56 Å². The second-order valence-corrected chi connectivity index (χ2v) is 9.84. The molecule has 2 aliphatic rings. The Morgan fingerprint density at radius 2 is 1.86 bits per heavy atom. The van der Waals surface area contributed by atoms with Crippen LogP contribution in [-0.4, -0.2) is 33.4 Å². The first kappa shape index (κ1) is 19.4. The van der Waals surface area contributed by atoms with Gasteiger partial charge in [-0.25, -0.2) is 13.1 Å². The Kier molecular flexibility index (Phi) is 5.71. The second-order valence-electron chi connectivity index (χ2n) is 7.79. The molecule has 5 nitrogen and oxygen atoms in total. The Morgan fingerprint density at radius 3 is 2.54 bits per heavy atom. The molecule has 6 heteroatoms. The largest absolute Gasteiger partial charge is 0.492 e. The van der Waals surface area contributed by atoms with Gasteiger partial charge in [-0.1, -0.05) is 48.9 Å². The maximum absolute atomic E-state index is 12.3. The highest BCUT2D eigenvalue weighted by Crippen LogP contribution is 2.37. The van der Waals surface area contributed by atoms with Crippen LogP contribution in [0.4, 0.5) is 0 Å². The van der Waals surface area contributed by atoms with E-state index in [1.807, 2.05) is 25.2 Å². The van der Waals surface area contributed by atoms with Gasteiger partial charge in [0.25, 0.3) is 0 Å². The Hall–Kier alpha value is -1.89. The molecular formula is C22H28N2O3S. The number of fused-ring (bicyclic) bond motifs is 1. The van der Waals surface area contributed by atoms with Crippen molar-refractivity contribution in [2.75, 3.05) is 13.7 Å². The molecule has 1 aliphatic heterocycles. The van der Waals surface area contributed by atoms with Crippen LogP contribution in [0, 0.1) is 0 Å². The van der Waals surface area contributed by atoms with E-state index >= 15 is 0 Å². The van der Waals surface area contributed by atoms with E-state index in [0.717, 1.165) is 42.6 Å². The molecule has 0 saturated heterocycles. The van der Waals surface area contributed by atoms with Gasteiger partial charge in [0.05, 0.1) is 5.25 Å². The molecule has 1 saturated carbocycles. The molecule has 0 aromatic heterocycles. The van der Waals surface area contributed by atoms with Crippen molar-refractivity contribution in [2.45, 2.75) is 49.4 Å². The Morgan fingerprint density at radius 1 is 1.07 bits per heavy atom. The molecule has 0 radical (unpaired) electrons. The zero-order valence-electron chi connectivity index (χ0n) is 16.2. The summed E-state index contributed by atoms with van der Waals surface area (Å²) in [7, 11) is -1.25. The maximum Gasteiger partial charge on any atom is 0.214 e. The molecule has 1 heterocycles. The molecule has 2 N–H and O–H groups in total. The summed E-state index contributed by atoms with van der Waals surface area (Å²) >= 11 is 0. The molecule has 150 valence electrons. The van der Waals surface area contributed by atoms with Crippen molar-refractivity contribution in [2.24, 2.45) is 0 Å². The first-order chi connectivity index (χ1) is 13.6. The van der Waals surface area contributed by atoms with Crippen LogP contribution in [0.25, 0.3) is 0 Å². The molecule has 2 aromatic rings. The summed E-state index contributed by atoms with van der Waals surface area (Å²) in [6.07, 6.45) is 3.47. The number of rotatable bonds is 7. The van der Waals surface area contributed by atoms with Crippen LogP contribution in [0.5, 0.6) is 5.75 Å². The number of hydrogen-bond donors (Lipinski definition) is 2. The van der Waals surface area contributed by atoms with E-state index in [0.29, 0.717) is 13.2 Å². The molecule has 0 amide bonds. The monoisotopic (exact) mass is 400 g/mol. The zero-order valence-corrected chi connectivity index (χ0v) is 17.0. The van der Waals surface area contributed by atoms with Gasteiger partial charge in [-0.05, 0) is 49.1 Å². The summed E-state index contributed by atoms with van der Waals surface area (Å²) in [5, 5.41) is 3.17. The quantitative estimate of drug-likeness (QED) is 0.750. The highest BCUT2D eigenvalue weighted by atomic mass is 32.2. The third-order valence-corrected chi connectivity index (χ3v) is 7.91. The smallest absolute Gasteiger partial charge is 0.214 e. The van der Waals surface area contributed by atoms with Gasteiger partial charge in [0.15, 0.2) is 0 Å². The van der Waals surface area contributed by atoms with Crippen molar-refractivity contribution in [1.82, 2.24) is 10.0 Å². The van der Waals surface area contributed by atoms with Gasteiger partial charge in [0.1, 0.15) is 12.4 Å². The fourth-order valence-corrected chi connectivity index (χ4v) is 5.59. The summed E-state index contributed by atoms with van der Waals surface area (Å²) in [6, 6.07) is 16.7. The highest BCUT2D eigenvalue weighted by molar-refractivity contribution is 7.90. The molecular weight excluding hydrogens is 372 g/mol. The summed E-state index contributed by atoms with van der Waals surface area (Å²) < 4.78 is 33.4. The van der Waals surface area contributed by atoms with Crippen molar-refractivity contribution in [3.8, 4) is 5.75 Å². The fraction of sp³-hybridized carbons (Fsp3) is 0.455. The van der Waals surface area contributed by atoms with Crippen LogP contribution in [0.3, 0.4) is 0 Å². The first-order valence-corrected chi connectivity index (χ1v) is 11.6. The molecule has 1 fully saturated rings. The maximum atomic E-state index is 12.3. The first-order valence-electron chi connectivity index (χ1n) is 10.0. The lowest BCUT2D eigenvalue weighted by Gasteiger charge is -2.34. The second kappa shape index (κ2) is 8.23. The van der Waals surface area contributed by atoms with Crippen molar-refractivity contribution in [3.05, 3.63) is 65.2 Å². The van der Waals surface area contributed by atoms with E-state index in [2.05, 4.69) is 40.4 Å². The molecule has 0 unspecified atom stereocenters. The lowest BCUT2D eigenvalue weighted by molar-refractivity contribution is 0.218. The standard InChI is InChI=1S/C22H28N2O3S/c1-23-21-15-27-22-11-10-17(14-24-28(25,26)18-8-5-9-18)13-20(22)19(21)12-16-6-3-2-4-7-16/h2-4,6-7,10-11,13,18-19,21,23-24H,5,8-9,12,14-15H2,1H3/t19-,21-/m1/s1. The van der Waals surface area contributed by atoms with Crippen molar-refractivity contribution >= 4 is 10.0 Å². The molecule has 2 aromatic carbocycles. The van der Waals surface area contributed by atoms with Crippen molar-refractivity contribution in [1.29, 1.82) is 0 Å². The lowest BCUT2D eigenvalue weighted by atomic mass is 9.83. The van der Waals surface area contributed by atoms with Gasteiger partial charge < -0.3 is 10.1 Å². The van der Waals surface area contributed by atoms with E-state index in [4.69, 9.17) is 4.74 Å². The van der Waals surface area contributed by atoms with Crippen LogP contribution in [0.1, 0.15) is 41.9 Å². The van der Waals surface area contributed by atoms with Crippen LogP contribution in [-0.2, 0) is 23.0 Å². The third-order valence-electron chi connectivity index (χ3n) is 6.02. The molecule has 0 bridgehead atoms. The van der Waals surface area contributed by atoms with Crippen LogP contribution in [0.15, 0.2) is 48.5 Å². The summed E-state index contributed by atoms with van der Waals surface area (Å²) in [5.74, 6) is 1.18. The van der Waals surface area contributed by atoms with E-state index in [9.17, 15) is 8.42 Å². The topological polar surface area (TPSA) is 67.4 Å². The molecule has 4 rings (SSSR count). The van der Waals surface area contributed by atoms with E-state index in [-0.39, 0.29) is 17.2 Å². The highest BCUT2D eigenvalue weighted by Gasteiger charge is 2.32. The summed E-state index contributed by atoms with van der Waals surface area (Å²) in [5.41, 5.74) is 3.41. The molecule has 0 spiro atoms. The number of ether oxygens (including phenoxy) is 1. The zero-order chi connectivity index (χ0) is 19.6. The Bertz CT molecular complexity index is 911. The average Bonchev–Trinajstić information content (AvgIpc) is 2.66. The summed E-state index contributed by atoms with van der Waals surface area (Å²) in [4.78, 5) is 0. The van der Waals surface area contributed by atoms with Gasteiger partial charge in [-0.15, -0.1) is 0 Å². The predicted molar refractivity (Wildman–Crippen MR) is 111 cm³/mol. The number of likely N-dealkylation sites (N-methyl/N-ethyl adjacent to an activating group) is 1. The Balaban J connectivity index is 1.55. The van der Waals surface area contributed by atoms with Crippen molar-refractivity contribution in [3.63, 3.8) is 0 Å². The number of sulfonamides is 1. The van der Waals surface area contributed by atoms with Crippen LogP contribution in [0.2, 0.25) is 0 Å². The number of benzene rings is 2. The SMILES string of the molecule is CN[C@@H]1COc2ccc(CNS(=O)(=O)C3CCC3)cc2[C@H]1Cc1ccccc1. The average molecular weight is 401 g/mol. The predicted octanol–water partition coefficient (Wildman–Crippen LogP) is 2.97. The third kappa shape index (κ3) is 4.09.